The van der Waals surface area contributed by atoms with Gasteiger partial charge in [-0.25, -0.2) is 4.79 Å². The van der Waals surface area contributed by atoms with Crippen LogP contribution in [0.4, 0.5) is 4.79 Å². The van der Waals surface area contributed by atoms with Crippen LogP contribution in [0, 0.1) is 5.92 Å². The molecule has 1 aliphatic heterocycles. The molecule has 2 aromatic rings. The number of esters is 1. The molecule has 0 spiro atoms. The Bertz CT molecular complexity index is 987. The third-order valence-corrected chi connectivity index (χ3v) is 6.87. The lowest BCUT2D eigenvalue weighted by Gasteiger charge is -2.30. The van der Waals surface area contributed by atoms with E-state index in [-0.39, 0.29) is 38.3 Å². The lowest BCUT2D eigenvalue weighted by molar-refractivity contribution is -0.150. The fourth-order valence-corrected chi connectivity index (χ4v) is 4.92. The SMILES string of the molecule is CCOC(=O)C1CN(C(=O)OCc2ccccc2)C(CO[C@H]2CC[C@@H](c3ccccc3)CC2)C1=O. The van der Waals surface area contributed by atoms with Crippen molar-refractivity contribution in [3.63, 3.8) is 0 Å². The number of amides is 1. The first-order valence-corrected chi connectivity index (χ1v) is 12.4. The second-order valence-electron chi connectivity index (χ2n) is 9.13. The number of rotatable bonds is 8. The van der Waals surface area contributed by atoms with Crippen LogP contribution < -0.4 is 0 Å². The number of hydrogen-bond donors (Lipinski definition) is 0. The van der Waals surface area contributed by atoms with E-state index >= 15 is 0 Å². The van der Waals surface area contributed by atoms with Gasteiger partial charge in [-0.1, -0.05) is 60.7 Å². The average molecular weight is 480 g/mol. The average Bonchev–Trinajstić information content (AvgIpc) is 3.24. The molecule has 2 atom stereocenters. The molecule has 0 N–H and O–H groups in total. The van der Waals surface area contributed by atoms with Crippen molar-refractivity contribution in [1.82, 2.24) is 4.90 Å². The molecule has 2 unspecified atom stereocenters. The van der Waals surface area contributed by atoms with Gasteiger partial charge in [0.1, 0.15) is 18.6 Å². The van der Waals surface area contributed by atoms with Crippen molar-refractivity contribution in [3.8, 4) is 0 Å². The van der Waals surface area contributed by atoms with E-state index in [1.165, 1.54) is 10.5 Å². The van der Waals surface area contributed by atoms with Gasteiger partial charge in [0, 0.05) is 6.54 Å². The van der Waals surface area contributed by atoms with Crippen LogP contribution in [0.1, 0.15) is 49.7 Å². The zero-order chi connectivity index (χ0) is 24.6. The first kappa shape index (κ1) is 24.9. The summed E-state index contributed by atoms with van der Waals surface area (Å²) in [6.07, 6.45) is 3.20. The van der Waals surface area contributed by atoms with Crippen molar-refractivity contribution in [2.75, 3.05) is 19.8 Å². The van der Waals surface area contributed by atoms with Crippen molar-refractivity contribution < 1.29 is 28.6 Å². The number of carbonyl (C=O) groups is 3. The van der Waals surface area contributed by atoms with Crippen molar-refractivity contribution in [2.24, 2.45) is 5.92 Å². The summed E-state index contributed by atoms with van der Waals surface area (Å²) in [5.74, 6) is -1.45. The summed E-state index contributed by atoms with van der Waals surface area (Å²) in [6, 6.07) is 18.9. The minimum atomic E-state index is -1.01. The molecule has 4 rings (SSSR count). The molecule has 1 amide bonds. The third kappa shape index (κ3) is 6.28. The Kier molecular flexibility index (Phi) is 8.53. The molecular formula is C28H33NO6. The van der Waals surface area contributed by atoms with Crippen LogP contribution in [0.15, 0.2) is 60.7 Å². The maximum atomic E-state index is 13.1. The first-order chi connectivity index (χ1) is 17.1. The summed E-state index contributed by atoms with van der Waals surface area (Å²) < 4.78 is 16.7. The zero-order valence-electron chi connectivity index (χ0n) is 20.1. The second kappa shape index (κ2) is 12.0. The highest BCUT2D eigenvalue weighted by Crippen LogP contribution is 2.34. The monoisotopic (exact) mass is 479 g/mol. The number of ether oxygens (including phenoxy) is 3. The fraction of sp³-hybridized carbons (Fsp3) is 0.464. The van der Waals surface area contributed by atoms with E-state index in [2.05, 4.69) is 24.3 Å². The number of carbonyl (C=O) groups excluding carboxylic acids is 3. The molecule has 1 saturated heterocycles. The molecule has 2 fully saturated rings. The molecule has 186 valence electrons. The van der Waals surface area contributed by atoms with Gasteiger partial charge in [0.25, 0.3) is 0 Å². The quantitative estimate of drug-likeness (QED) is 0.410. The Balaban J connectivity index is 1.35. The molecule has 0 bridgehead atoms. The molecule has 2 aliphatic rings. The molecule has 7 heteroatoms. The van der Waals surface area contributed by atoms with Crippen LogP contribution in [0.25, 0.3) is 0 Å². The Labute approximate surface area is 206 Å². The standard InChI is InChI=1S/C28H33NO6/c1-2-33-27(31)24-17-29(28(32)35-18-20-9-5-3-6-10-20)25(26(24)30)19-34-23-15-13-22(14-16-23)21-11-7-4-8-12-21/h3-12,22-25H,2,13-19H2,1H3/t22-,23+,24?,25?. The number of hydrogen-bond acceptors (Lipinski definition) is 6. The van der Waals surface area contributed by atoms with E-state index in [0.717, 1.165) is 31.2 Å². The van der Waals surface area contributed by atoms with Crippen LogP contribution in [0.3, 0.4) is 0 Å². The molecule has 1 saturated carbocycles. The van der Waals surface area contributed by atoms with E-state index in [9.17, 15) is 14.4 Å². The Morgan fingerprint density at radius 3 is 2.23 bits per heavy atom. The van der Waals surface area contributed by atoms with Gasteiger partial charge >= 0.3 is 12.1 Å². The zero-order valence-corrected chi connectivity index (χ0v) is 20.1. The van der Waals surface area contributed by atoms with Gasteiger partial charge < -0.3 is 14.2 Å². The minimum absolute atomic E-state index is 0.0200. The highest BCUT2D eigenvalue weighted by Gasteiger charge is 2.48. The van der Waals surface area contributed by atoms with Gasteiger partial charge in [0.15, 0.2) is 5.78 Å². The Morgan fingerprint density at radius 1 is 0.914 bits per heavy atom. The summed E-state index contributed by atoms with van der Waals surface area (Å²) in [7, 11) is 0. The summed E-state index contributed by atoms with van der Waals surface area (Å²) in [5, 5.41) is 0. The van der Waals surface area contributed by atoms with Crippen molar-refractivity contribution in [2.45, 2.75) is 57.3 Å². The van der Waals surface area contributed by atoms with E-state index in [4.69, 9.17) is 14.2 Å². The largest absolute Gasteiger partial charge is 0.465 e. The lowest BCUT2D eigenvalue weighted by Crippen LogP contribution is -2.42. The lowest BCUT2D eigenvalue weighted by atomic mass is 9.83. The van der Waals surface area contributed by atoms with E-state index < -0.39 is 24.0 Å². The van der Waals surface area contributed by atoms with Crippen LogP contribution in [0.5, 0.6) is 0 Å². The number of likely N-dealkylation sites (tertiary alicyclic amines) is 1. The summed E-state index contributed by atoms with van der Waals surface area (Å²) >= 11 is 0. The van der Waals surface area contributed by atoms with Crippen LogP contribution in [-0.2, 0) is 30.4 Å². The maximum absolute atomic E-state index is 13.1. The van der Waals surface area contributed by atoms with Gasteiger partial charge in [-0.15, -0.1) is 0 Å². The van der Waals surface area contributed by atoms with Crippen molar-refractivity contribution in [1.29, 1.82) is 0 Å². The van der Waals surface area contributed by atoms with E-state index in [0.29, 0.717) is 5.92 Å². The highest BCUT2D eigenvalue weighted by atomic mass is 16.6. The molecule has 0 radical (unpaired) electrons. The molecule has 0 aromatic heterocycles. The number of Topliss-reactive ketones (excluding diaryl/α,β-unsaturated/α-hetero) is 1. The first-order valence-electron chi connectivity index (χ1n) is 12.4. The summed E-state index contributed by atoms with van der Waals surface area (Å²) in [6.45, 7) is 1.95. The van der Waals surface area contributed by atoms with Crippen molar-refractivity contribution in [3.05, 3.63) is 71.8 Å². The molecule has 7 nitrogen and oxygen atoms in total. The summed E-state index contributed by atoms with van der Waals surface area (Å²) in [4.78, 5) is 39.7. The van der Waals surface area contributed by atoms with Crippen LogP contribution in [-0.4, -0.2) is 54.7 Å². The van der Waals surface area contributed by atoms with Gasteiger partial charge in [0.2, 0.25) is 0 Å². The van der Waals surface area contributed by atoms with Crippen LogP contribution in [0.2, 0.25) is 0 Å². The minimum Gasteiger partial charge on any atom is -0.465 e. The van der Waals surface area contributed by atoms with E-state index in [1.807, 2.05) is 36.4 Å². The number of ketones is 1. The second-order valence-corrected chi connectivity index (χ2v) is 9.13. The van der Waals surface area contributed by atoms with Crippen molar-refractivity contribution >= 4 is 17.8 Å². The van der Waals surface area contributed by atoms with Gasteiger partial charge in [-0.3, -0.25) is 14.5 Å². The molecule has 1 aliphatic carbocycles. The highest BCUT2D eigenvalue weighted by molar-refractivity contribution is 6.05. The van der Waals surface area contributed by atoms with Gasteiger partial charge in [-0.2, -0.15) is 0 Å². The molecule has 1 heterocycles. The smallest absolute Gasteiger partial charge is 0.410 e. The topological polar surface area (TPSA) is 82.1 Å². The molecule has 2 aromatic carbocycles. The predicted molar refractivity (Wildman–Crippen MR) is 130 cm³/mol. The summed E-state index contributed by atoms with van der Waals surface area (Å²) in [5.41, 5.74) is 2.19. The fourth-order valence-electron chi connectivity index (χ4n) is 4.92. The Morgan fingerprint density at radius 2 is 1.57 bits per heavy atom. The van der Waals surface area contributed by atoms with E-state index in [1.54, 1.807) is 6.92 Å². The molecular weight excluding hydrogens is 446 g/mol. The molecule has 35 heavy (non-hydrogen) atoms. The van der Waals surface area contributed by atoms with Gasteiger partial charge in [0.05, 0.1) is 19.3 Å². The number of nitrogens with zero attached hydrogens (tertiary/aromatic N) is 1. The number of benzene rings is 2. The Hall–Kier alpha value is -3.19. The van der Waals surface area contributed by atoms with Gasteiger partial charge in [-0.05, 0) is 49.7 Å². The normalized spacial score (nSPS) is 24.3. The maximum Gasteiger partial charge on any atom is 0.410 e. The third-order valence-electron chi connectivity index (χ3n) is 6.87. The van der Waals surface area contributed by atoms with Crippen LogP contribution >= 0.6 is 0 Å². The predicted octanol–water partition coefficient (Wildman–Crippen LogP) is 4.50.